The molecule has 1 atom stereocenters. The van der Waals surface area contributed by atoms with Gasteiger partial charge in [0, 0.05) is 13.1 Å². The Bertz CT molecular complexity index is 400. The Morgan fingerprint density at radius 2 is 2.06 bits per heavy atom. The van der Waals surface area contributed by atoms with Crippen molar-refractivity contribution in [2.75, 3.05) is 13.1 Å². The van der Waals surface area contributed by atoms with Crippen molar-refractivity contribution in [2.24, 2.45) is 5.73 Å². The zero-order chi connectivity index (χ0) is 12.1. The number of nitrogens with two attached hydrogens (primary N) is 1. The first-order valence-electron chi connectivity index (χ1n) is 6.00. The first-order chi connectivity index (χ1) is 8.27. The Morgan fingerprint density at radius 1 is 1.29 bits per heavy atom. The Balaban J connectivity index is 1.93. The molecule has 1 aromatic carbocycles. The molecule has 1 aliphatic rings. The van der Waals surface area contributed by atoms with Gasteiger partial charge in [0.2, 0.25) is 5.91 Å². The van der Waals surface area contributed by atoms with Crippen molar-refractivity contribution in [3.8, 4) is 0 Å². The van der Waals surface area contributed by atoms with E-state index >= 15 is 0 Å². The number of nitrogens with zero attached hydrogens (tertiary/aromatic N) is 1. The maximum Gasteiger partial charge on any atom is 0.240 e. The number of rotatable bonds is 3. The topological polar surface area (TPSA) is 46.3 Å². The smallest absolute Gasteiger partial charge is 0.240 e. The molecule has 1 unspecified atom stereocenters. The first-order valence-corrected chi connectivity index (χ1v) is 6.00. The Kier molecular flexibility index (Phi) is 3.94. The third-order valence-electron chi connectivity index (χ3n) is 2.99. The lowest BCUT2D eigenvalue weighted by molar-refractivity contribution is -0.132. The Morgan fingerprint density at radius 3 is 2.71 bits per heavy atom. The summed E-state index contributed by atoms with van der Waals surface area (Å²) in [6.45, 7) is 1.49. The molecular formula is C14H18N2O. The fraction of sp³-hybridized carbons (Fsp3) is 0.357. The summed E-state index contributed by atoms with van der Waals surface area (Å²) in [5.74, 6) is 0.0539. The van der Waals surface area contributed by atoms with Gasteiger partial charge in [0.05, 0.1) is 6.04 Å². The van der Waals surface area contributed by atoms with E-state index in [0.29, 0.717) is 13.0 Å². The number of carbonyl (C=O) groups excluding carboxylic acids is 1. The second-order valence-electron chi connectivity index (χ2n) is 4.34. The summed E-state index contributed by atoms with van der Waals surface area (Å²) in [6.07, 6.45) is 5.67. The van der Waals surface area contributed by atoms with Gasteiger partial charge in [-0.2, -0.15) is 0 Å². The molecule has 1 amide bonds. The Hall–Kier alpha value is -1.61. The second-order valence-corrected chi connectivity index (χ2v) is 4.34. The molecule has 2 rings (SSSR count). The van der Waals surface area contributed by atoms with Gasteiger partial charge in [0.1, 0.15) is 0 Å². The number of amides is 1. The normalized spacial score (nSPS) is 16.9. The summed E-state index contributed by atoms with van der Waals surface area (Å²) in [5.41, 5.74) is 7.08. The maximum atomic E-state index is 12.1. The quantitative estimate of drug-likeness (QED) is 0.797. The van der Waals surface area contributed by atoms with E-state index in [-0.39, 0.29) is 5.91 Å². The molecule has 0 saturated carbocycles. The minimum Gasteiger partial charge on any atom is -0.337 e. The van der Waals surface area contributed by atoms with Gasteiger partial charge in [-0.3, -0.25) is 4.79 Å². The summed E-state index contributed by atoms with van der Waals surface area (Å²) in [5, 5.41) is 0. The van der Waals surface area contributed by atoms with Gasteiger partial charge in [0.25, 0.3) is 0 Å². The summed E-state index contributed by atoms with van der Waals surface area (Å²) in [7, 11) is 0. The lowest BCUT2D eigenvalue weighted by Crippen LogP contribution is -2.46. The lowest BCUT2D eigenvalue weighted by Gasteiger charge is -2.26. The average Bonchev–Trinajstić information content (AvgIpc) is 2.40. The molecule has 0 bridgehead atoms. The van der Waals surface area contributed by atoms with Crippen LogP contribution in [0.2, 0.25) is 0 Å². The van der Waals surface area contributed by atoms with Crippen LogP contribution in [0.15, 0.2) is 42.5 Å². The minimum absolute atomic E-state index is 0.0539. The average molecular weight is 230 g/mol. The van der Waals surface area contributed by atoms with E-state index in [0.717, 1.165) is 18.5 Å². The summed E-state index contributed by atoms with van der Waals surface area (Å²) < 4.78 is 0. The van der Waals surface area contributed by atoms with Crippen LogP contribution >= 0.6 is 0 Å². The maximum absolute atomic E-state index is 12.1. The molecule has 0 radical (unpaired) electrons. The molecule has 3 heteroatoms. The number of hydrogen-bond acceptors (Lipinski definition) is 2. The van der Waals surface area contributed by atoms with Crippen molar-refractivity contribution in [3.63, 3.8) is 0 Å². The molecule has 0 saturated heterocycles. The molecule has 2 N–H and O–H groups in total. The van der Waals surface area contributed by atoms with Crippen LogP contribution in [-0.4, -0.2) is 29.9 Å². The first kappa shape index (κ1) is 11.9. The molecule has 1 heterocycles. The predicted molar refractivity (Wildman–Crippen MR) is 68.5 cm³/mol. The van der Waals surface area contributed by atoms with Crippen LogP contribution < -0.4 is 5.73 Å². The van der Waals surface area contributed by atoms with Crippen LogP contribution in [0.1, 0.15) is 12.0 Å². The highest BCUT2D eigenvalue weighted by atomic mass is 16.2. The molecule has 1 aromatic rings. The Labute approximate surface area is 102 Å². The van der Waals surface area contributed by atoms with E-state index in [1.807, 2.05) is 41.3 Å². The van der Waals surface area contributed by atoms with Crippen LogP contribution in [-0.2, 0) is 11.2 Å². The van der Waals surface area contributed by atoms with Gasteiger partial charge in [0.15, 0.2) is 0 Å². The SMILES string of the molecule is NC(Cc1ccccc1)C(=O)N1CC=CCC1. The molecular weight excluding hydrogens is 212 g/mol. The van der Waals surface area contributed by atoms with E-state index < -0.39 is 6.04 Å². The zero-order valence-corrected chi connectivity index (χ0v) is 9.88. The molecule has 0 aliphatic carbocycles. The largest absolute Gasteiger partial charge is 0.337 e. The van der Waals surface area contributed by atoms with Crippen LogP contribution in [0.3, 0.4) is 0 Å². The van der Waals surface area contributed by atoms with Crippen LogP contribution in [0.4, 0.5) is 0 Å². The second kappa shape index (κ2) is 5.64. The van der Waals surface area contributed by atoms with Crippen molar-refractivity contribution in [3.05, 3.63) is 48.0 Å². The molecule has 0 spiro atoms. The van der Waals surface area contributed by atoms with E-state index in [2.05, 4.69) is 6.08 Å². The van der Waals surface area contributed by atoms with Crippen molar-refractivity contribution in [1.29, 1.82) is 0 Å². The predicted octanol–water partition coefficient (Wildman–Crippen LogP) is 1.34. The summed E-state index contributed by atoms with van der Waals surface area (Å²) in [6, 6.07) is 9.48. The lowest BCUT2D eigenvalue weighted by atomic mass is 10.1. The molecule has 3 nitrogen and oxygen atoms in total. The molecule has 90 valence electrons. The number of benzene rings is 1. The van der Waals surface area contributed by atoms with Gasteiger partial charge in [-0.15, -0.1) is 0 Å². The van der Waals surface area contributed by atoms with Crippen molar-refractivity contribution in [2.45, 2.75) is 18.9 Å². The fourth-order valence-electron chi connectivity index (χ4n) is 2.03. The van der Waals surface area contributed by atoms with E-state index in [4.69, 9.17) is 5.73 Å². The van der Waals surface area contributed by atoms with Gasteiger partial charge in [-0.25, -0.2) is 0 Å². The van der Waals surface area contributed by atoms with Gasteiger partial charge < -0.3 is 10.6 Å². The number of hydrogen-bond donors (Lipinski definition) is 1. The van der Waals surface area contributed by atoms with Crippen LogP contribution in [0.25, 0.3) is 0 Å². The highest BCUT2D eigenvalue weighted by molar-refractivity contribution is 5.82. The van der Waals surface area contributed by atoms with Gasteiger partial charge >= 0.3 is 0 Å². The van der Waals surface area contributed by atoms with Gasteiger partial charge in [-0.1, -0.05) is 42.5 Å². The summed E-state index contributed by atoms with van der Waals surface area (Å²) in [4.78, 5) is 13.9. The minimum atomic E-state index is -0.427. The fourth-order valence-corrected chi connectivity index (χ4v) is 2.03. The monoisotopic (exact) mass is 230 g/mol. The third-order valence-corrected chi connectivity index (χ3v) is 2.99. The zero-order valence-electron chi connectivity index (χ0n) is 9.88. The van der Waals surface area contributed by atoms with Crippen molar-refractivity contribution in [1.82, 2.24) is 4.90 Å². The van der Waals surface area contributed by atoms with Gasteiger partial charge in [-0.05, 0) is 18.4 Å². The van der Waals surface area contributed by atoms with E-state index in [1.165, 1.54) is 0 Å². The molecule has 0 fully saturated rings. The molecule has 1 aliphatic heterocycles. The van der Waals surface area contributed by atoms with E-state index in [9.17, 15) is 4.79 Å². The standard InChI is InChI=1S/C14H18N2O/c15-13(11-12-7-3-1-4-8-12)14(17)16-9-5-2-6-10-16/h1-5,7-8,13H,6,9-11,15H2. The third kappa shape index (κ3) is 3.17. The van der Waals surface area contributed by atoms with Crippen LogP contribution in [0, 0.1) is 0 Å². The number of carbonyl (C=O) groups is 1. The van der Waals surface area contributed by atoms with Crippen molar-refractivity contribution < 1.29 is 4.79 Å². The van der Waals surface area contributed by atoms with Crippen LogP contribution in [0.5, 0.6) is 0 Å². The van der Waals surface area contributed by atoms with E-state index in [1.54, 1.807) is 0 Å². The summed E-state index contributed by atoms with van der Waals surface area (Å²) >= 11 is 0. The van der Waals surface area contributed by atoms with Crippen molar-refractivity contribution >= 4 is 5.91 Å². The highest BCUT2D eigenvalue weighted by Gasteiger charge is 2.20. The highest BCUT2D eigenvalue weighted by Crippen LogP contribution is 2.07. The molecule has 0 aromatic heterocycles. The molecule has 17 heavy (non-hydrogen) atoms.